The van der Waals surface area contributed by atoms with E-state index in [2.05, 4.69) is 15.5 Å². The van der Waals surface area contributed by atoms with E-state index >= 15 is 0 Å². The van der Waals surface area contributed by atoms with Gasteiger partial charge in [-0.25, -0.2) is 0 Å². The standard InChI is InChI=1S/C13H24N4O2/c1-2-7-10-11(14)12(17-16-10)13(19)15-8-5-3-4-6-9-18/h18H,2-9,14H2,1H3,(H,15,19)(H,16,17). The lowest BCUT2D eigenvalue weighted by molar-refractivity contribution is 0.0948. The van der Waals surface area contributed by atoms with Gasteiger partial charge in [0.05, 0.1) is 11.4 Å². The normalized spacial score (nSPS) is 10.6. The van der Waals surface area contributed by atoms with Gasteiger partial charge in [-0.2, -0.15) is 5.10 Å². The zero-order valence-electron chi connectivity index (χ0n) is 11.5. The molecule has 0 fully saturated rings. The molecule has 6 heteroatoms. The molecule has 0 aromatic carbocycles. The minimum atomic E-state index is -0.224. The molecule has 0 aliphatic rings. The van der Waals surface area contributed by atoms with Crippen LogP contribution in [0.4, 0.5) is 5.69 Å². The Morgan fingerprint density at radius 3 is 2.79 bits per heavy atom. The largest absolute Gasteiger partial charge is 0.396 e. The number of nitrogens with two attached hydrogens (primary N) is 1. The van der Waals surface area contributed by atoms with Crippen LogP contribution in [-0.2, 0) is 6.42 Å². The lowest BCUT2D eigenvalue weighted by Gasteiger charge is -2.03. The zero-order chi connectivity index (χ0) is 14.1. The van der Waals surface area contributed by atoms with Gasteiger partial charge in [0.1, 0.15) is 0 Å². The summed E-state index contributed by atoms with van der Waals surface area (Å²) in [6, 6.07) is 0. The van der Waals surface area contributed by atoms with Crippen molar-refractivity contribution in [1.82, 2.24) is 15.5 Å². The summed E-state index contributed by atoms with van der Waals surface area (Å²) in [7, 11) is 0. The molecule has 19 heavy (non-hydrogen) atoms. The number of carbonyl (C=O) groups excluding carboxylic acids is 1. The molecule has 6 nitrogen and oxygen atoms in total. The Bertz CT molecular complexity index is 390. The van der Waals surface area contributed by atoms with Crippen molar-refractivity contribution in [3.05, 3.63) is 11.4 Å². The summed E-state index contributed by atoms with van der Waals surface area (Å²) in [6.45, 7) is 2.89. The fraction of sp³-hybridized carbons (Fsp3) is 0.692. The third-order valence-electron chi connectivity index (χ3n) is 2.97. The predicted molar refractivity (Wildman–Crippen MR) is 74.9 cm³/mol. The van der Waals surface area contributed by atoms with Crippen LogP contribution < -0.4 is 11.1 Å². The molecule has 0 saturated carbocycles. The van der Waals surface area contributed by atoms with Crippen LogP contribution in [-0.4, -0.2) is 34.4 Å². The van der Waals surface area contributed by atoms with Crippen molar-refractivity contribution < 1.29 is 9.90 Å². The highest BCUT2D eigenvalue weighted by Gasteiger charge is 2.15. The maximum atomic E-state index is 11.9. The van der Waals surface area contributed by atoms with Crippen molar-refractivity contribution >= 4 is 11.6 Å². The van der Waals surface area contributed by atoms with Gasteiger partial charge in [-0.1, -0.05) is 26.2 Å². The second-order valence-corrected chi connectivity index (χ2v) is 4.61. The lowest BCUT2D eigenvalue weighted by atomic mass is 10.2. The first-order chi connectivity index (χ1) is 9.20. The molecule has 1 heterocycles. The predicted octanol–water partition coefficient (Wildman–Crippen LogP) is 1.23. The highest BCUT2D eigenvalue weighted by atomic mass is 16.2. The summed E-state index contributed by atoms with van der Waals surface area (Å²) >= 11 is 0. The first-order valence-electron chi connectivity index (χ1n) is 6.92. The van der Waals surface area contributed by atoms with Gasteiger partial charge in [0, 0.05) is 13.2 Å². The SMILES string of the molecule is CCCc1[nH]nc(C(=O)NCCCCCCO)c1N. The van der Waals surface area contributed by atoms with E-state index in [1.54, 1.807) is 0 Å². The average molecular weight is 268 g/mol. The van der Waals surface area contributed by atoms with Gasteiger partial charge in [-0.15, -0.1) is 0 Å². The molecular weight excluding hydrogens is 244 g/mol. The smallest absolute Gasteiger partial charge is 0.273 e. The molecule has 0 atom stereocenters. The van der Waals surface area contributed by atoms with Crippen molar-refractivity contribution in [3.63, 3.8) is 0 Å². The number of H-pyrrole nitrogens is 1. The molecular formula is C13H24N4O2. The topological polar surface area (TPSA) is 104 Å². The number of hydrogen-bond donors (Lipinski definition) is 4. The van der Waals surface area contributed by atoms with Crippen LogP contribution in [0.3, 0.4) is 0 Å². The molecule has 0 spiro atoms. The van der Waals surface area contributed by atoms with Crippen molar-refractivity contribution in [3.8, 4) is 0 Å². The van der Waals surface area contributed by atoms with Gasteiger partial charge in [-0.05, 0) is 19.3 Å². The molecule has 0 saturated heterocycles. The van der Waals surface area contributed by atoms with E-state index in [0.29, 0.717) is 17.9 Å². The number of aromatic amines is 1. The Morgan fingerprint density at radius 1 is 1.37 bits per heavy atom. The number of amides is 1. The first kappa shape index (κ1) is 15.5. The summed E-state index contributed by atoms with van der Waals surface area (Å²) in [5.74, 6) is -0.224. The number of aryl methyl sites for hydroxylation is 1. The number of hydrogen-bond acceptors (Lipinski definition) is 4. The fourth-order valence-electron chi connectivity index (χ4n) is 1.88. The van der Waals surface area contributed by atoms with Gasteiger partial charge < -0.3 is 16.2 Å². The summed E-state index contributed by atoms with van der Waals surface area (Å²) in [5.41, 5.74) is 7.46. The first-order valence-corrected chi connectivity index (χ1v) is 6.92. The number of aromatic nitrogens is 2. The van der Waals surface area contributed by atoms with Gasteiger partial charge in [0.15, 0.2) is 5.69 Å². The number of carbonyl (C=O) groups is 1. The van der Waals surface area contributed by atoms with Gasteiger partial charge in [0.25, 0.3) is 5.91 Å². The maximum Gasteiger partial charge on any atom is 0.273 e. The molecule has 1 aromatic heterocycles. The number of nitrogens with zero attached hydrogens (tertiary/aromatic N) is 1. The monoisotopic (exact) mass is 268 g/mol. The van der Waals surface area contributed by atoms with Crippen LogP contribution in [0, 0.1) is 0 Å². The number of aliphatic hydroxyl groups excluding tert-OH is 1. The number of anilines is 1. The van der Waals surface area contributed by atoms with Crippen LogP contribution in [0.15, 0.2) is 0 Å². The molecule has 1 aromatic rings. The number of aliphatic hydroxyl groups is 1. The van der Waals surface area contributed by atoms with E-state index in [4.69, 9.17) is 10.8 Å². The maximum absolute atomic E-state index is 11.9. The Hall–Kier alpha value is -1.56. The van der Waals surface area contributed by atoms with Crippen LogP contribution in [0.5, 0.6) is 0 Å². The Labute approximate surface area is 113 Å². The molecule has 1 amide bonds. The molecule has 5 N–H and O–H groups in total. The Morgan fingerprint density at radius 2 is 2.11 bits per heavy atom. The van der Waals surface area contributed by atoms with E-state index in [-0.39, 0.29) is 12.5 Å². The number of unbranched alkanes of at least 4 members (excludes halogenated alkanes) is 3. The fourth-order valence-corrected chi connectivity index (χ4v) is 1.88. The molecule has 0 unspecified atom stereocenters. The van der Waals surface area contributed by atoms with Gasteiger partial charge in [-0.3, -0.25) is 9.89 Å². The Balaban J connectivity index is 2.33. The highest BCUT2D eigenvalue weighted by molar-refractivity contribution is 5.97. The molecule has 108 valence electrons. The Kier molecular flexibility index (Phi) is 6.95. The van der Waals surface area contributed by atoms with Crippen molar-refractivity contribution in [1.29, 1.82) is 0 Å². The summed E-state index contributed by atoms with van der Waals surface area (Å²) in [5, 5.41) is 18.2. The van der Waals surface area contributed by atoms with E-state index in [1.807, 2.05) is 6.92 Å². The van der Waals surface area contributed by atoms with E-state index in [0.717, 1.165) is 44.2 Å². The van der Waals surface area contributed by atoms with Crippen LogP contribution in [0.1, 0.15) is 55.2 Å². The van der Waals surface area contributed by atoms with Crippen molar-refractivity contribution in [2.75, 3.05) is 18.9 Å². The van der Waals surface area contributed by atoms with Crippen LogP contribution in [0.25, 0.3) is 0 Å². The summed E-state index contributed by atoms with van der Waals surface area (Å²) in [4.78, 5) is 11.9. The molecule has 0 radical (unpaired) electrons. The molecule has 0 aliphatic carbocycles. The van der Waals surface area contributed by atoms with Gasteiger partial charge >= 0.3 is 0 Å². The second kappa shape index (κ2) is 8.53. The summed E-state index contributed by atoms with van der Waals surface area (Å²) < 4.78 is 0. The second-order valence-electron chi connectivity index (χ2n) is 4.61. The average Bonchev–Trinajstić information content (AvgIpc) is 2.76. The molecule has 0 bridgehead atoms. The molecule has 0 aliphatic heterocycles. The number of nitrogen functional groups attached to an aromatic ring is 1. The third-order valence-corrected chi connectivity index (χ3v) is 2.97. The number of nitrogens with one attached hydrogen (secondary N) is 2. The quantitative estimate of drug-likeness (QED) is 0.505. The van der Waals surface area contributed by atoms with Crippen LogP contribution in [0.2, 0.25) is 0 Å². The van der Waals surface area contributed by atoms with Crippen LogP contribution >= 0.6 is 0 Å². The summed E-state index contributed by atoms with van der Waals surface area (Å²) in [6.07, 6.45) is 5.46. The van der Waals surface area contributed by atoms with E-state index < -0.39 is 0 Å². The van der Waals surface area contributed by atoms with Gasteiger partial charge in [0.2, 0.25) is 0 Å². The lowest BCUT2D eigenvalue weighted by Crippen LogP contribution is -2.25. The number of rotatable bonds is 9. The minimum absolute atomic E-state index is 0.224. The minimum Gasteiger partial charge on any atom is -0.396 e. The zero-order valence-corrected chi connectivity index (χ0v) is 11.5. The van der Waals surface area contributed by atoms with Crippen molar-refractivity contribution in [2.45, 2.75) is 45.4 Å². The van der Waals surface area contributed by atoms with E-state index in [9.17, 15) is 4.79 Å². The van der Waals surface area contributed by atoms with E-state index in [1.165, 1.54) is 0 Å². The van der Waals surface area contributed by atoms with Crippen molar-refractivity contribution in [2.24, 2.45) is 0 Å². The highest BCUT2D eigenvalue weighted by Crippen LogP contribution is 2.15. The third kappa shape index (κ3) is 4.90. The molecule has 1 rings (SSSR count).